The van der Waals surface area contributed by atoms with Gasteiger partial charge in [-0.3, -0.25) is 9.59 Å². The van der Waals surface area contributed by atoms with Gasteiger partial charge in [0.15, 0.2) is 11.4 Å². The molecule has 4 nitrogen and oxygen atoms in total. The van der Waals surface area contributed by atoms with Crippen molar-refractivity contribution >= 4 is 11.6 Å². The maximum absolute atomic E-state index is 12.5. The normalized spacial score (nSPS) is 55.1. The van der Waals surface area contributed by atoms with E-state index in [4.69, 9.17) is 6.42 Å². The van der Waals surface area contributed by atoms with Gasteiger partial charge in [0.25, 0.3) is 0 Å². The summed E-state index contributed by atoms with van der Waals surface area (Å²) in [5.74, 6) is 2.92. The quantitative estimate of drug-likeness (QED) is 0.521. The lowest BCUT2D eigenvalue weighted by atomic mass is 9.44. The predicted molar refractivity (Wildman–Crippen MR) is 92.3 cm³/mol. The summed E-state index contributed by atoms with van der Waals surface area (Å²) in [6.07, 6.45) is 9.75. The van der Waals surface area contributed by atoms with Gasteiger partial charge in [-0.1, -0.05) is 19.8 Å². The average Bonchev–Trinajstić information content (AvgIpc) is 2.79. The summed E-state index contributed by atoms with van der Waals surface area (Å²) < 4.78 is 0. The highest BCUT2D eigenvalue weighted by atomic mass is 16.3. The molecule has 8 atom stereocenters. The Kier molecular flexibility index (Phi) is 3.57. The van der Waals surface area contributed by atoms with E-state index in [2.05, 4.69) is 12.8 Å². The molecule has 0 bridgehead atoms. The molecule has 0 heterocycles. The SMILES string of the molecule is C#CC1(O)C(O)C[C@H]2[C@@H]3CCC4C(=O)C(=O)CC[C@]4(C)[C@@H]3CC[C@@]21C. The smallest absolute Gasteiger partial charge is 0.201 e. The number of terminal acetylenes is 1. The van der Waals surface area contributed by atoms with Crippen LogP contribution in [0.25, 0.3) is 0 Å². The number of carbonyl (C=O) groups excluding carboxylic acids is 2. The maximum atomic E-state index is 12.5. The van der Waals surface area contributed by atoms with Crippen LogP contribution < -0.4 is 0 Å². The van der Waals surface area contributed by atoms with E-state index in [9.17, 15) is 19.8 Å². The first-order valence-electron chi connectivity index (χ1n) is 9.64. The number of aliphatic hydroxyl groups is 2. The monoisotopic (exact) mass is 344 g/mol. The molecule has 3 unspecified atom stereocenters. The van der Waals surface area contributed by atoms with Crippen molar-refractivity contribution < 1.29 is 19.8 Å². The molecule has 4 aliphatic rings. The Morgan fingerprint density at radius 1 is 1.12 bits per heavy atom. The van der Waals surface area contributed by atoms with Gasteiger partial charge in [0.1, 0.15) is 0 Å². The van der Waals surface area contributed by atoms with E-state index in [0.717, 1.165) is 32.1 Å². The van der Waals surface area contributed by atoms with Gasteiger partial charge in [-0.15, -0.1) is 6.42 Å². The Balaban J connectivity index is 1.70. The summed E-state index contributed by atoms with van der Waals surface area (Å²) in [6.45, 7) is 4.23. The van der Waals surface area contributed by atoms with Crippen molar-refractivity contribution in [2.24, 2.45) is 34.5 Å². The topological polar surface area (TPSA) is 74.6 Å². The fourth-order valence-corrected chi connectivity index (χ4v) is 7.23. The molecule has 25 heavy (non-hydrogen) atoms. The van der Waals surface area contributed by atoms with Crippen molar-refractivity contribution in [3.63, 3.8) is 0 Å². The lowest BCUT2D eigenvalue weighted by Crippen LogP contribution is -2.58. The lowest BCUT2D eigenvalue weighted by Gasteiger charge is -2.59. The molecule has 0 spiro atoms. The van der Waals surface area contributed by atoms with Crippen molar-refractivity contribution in [3.05, 3.63) is 0 Å². The average molecular weight is 344 g/mol. The summed E-state index contributed by atoms with van der Waals surface area (Å²) >= 11 is 0. The second-order valence-electron chi connectivity index (χ2n) is 9.42. The molecular weight excluding hydrogens is 316 g/mol. The fourth-order valence-electron chi connectivity index (χ4n) is 7.23. The van der Waals surface area contributed by atoms with Crippen LogP contribution in [0.4, 0.5) is 0 Å². The molecule has 2 N–H and O–H groups in total. The van der Waals surface area contributed by atoms with Crippen molar-refractivity contribution in [2.45, 2.75) is 70.5 Å². The second kappa shape index (κ2) is 5.18. The lowest BCUT2D eigenvalue weighted by molar-refractivity contribution is -0.163. The van der Waals surface area contributed by atoms with E-state index in [0.29, 0.717) is 24.7 Å². The molecule has 4 rings (SSSR count). The van der Waals surface area contributed by atoms with E-state index >= 15 is 0 Å². The first-order valence-corrected chi connectivity index (χ1v) is 9.64. The Hall–Kier alpha value is -1.18. The first kappa shape index (κ1) is 17.2. The van der Waals surface area contributed by atoms with E-state index in [1.165, 1.54) is 0 Å². The molecule has 4 fully saturated rings. The van der Waals surface area contributed by atoms with Crippen LogP contribution in [0.3, 0.4) is 0 Å². The zero-order valence-corrected chi connectivity index (χ0v) is 15.1. The summed E-state index contributed by atoms with van der Waals surface area (Å²) in [4.78, 5) is 24.4. The molecule has 0 aromatic heterocycles. The Bertz CT molecular complexity index is 678. The van der Waals surface area contributed by atoms with E-state index < -0.39 is 17.1 Å². The van der Waals surface area contributed by atoms with Gasteiger partial charge < -0.3 is 10.2 Å². The van der Waals surface area contributed by atoms with Crippen molar-refractivity contribution in [3.8, 4) is 12.3 Å². The van der Waals surface area contributed by atoms with Crippen LogP contribution in [-0.2, 0) is 9.59 Å². The first-order chi connectivity index (χ1) is 11.7. The number of Topliss-reactive ketones (excluding diaryl/α,β-unsaturated/α-hetero) is 2. The number of hydrogen-bond acceptors (Lipinski definition) is 4. The number of rotatable bonds is 0. The largest absolute Gasteiger partial charge is 0.389 e. The highest BCUT2D eigenvalue weighted by Crippen LogP contribution is 2.67. The molecular formula is C21H28O4. The van der Waals surface area contributed by atoms with Crippen molar-refractivity contribution in [1.29, 1.82) is 0 Å². The number of fused-ring (bicyclic) bond motifs is 5. The predicted octanol–water partition coefficient (Wildman–Crippen LogP) is 2.11. The number of hydrogen-bond donors (Lipinski definition) is 2. The van der Waals surface area contributed by atoms with Crippen LogP contribution >= 0.6 is 0 Å². The fraction of sp³-hybridized carbons (Fsp3) is 0.810. The van der Waals surface area contributed by atoms with Gasteiger partial charge >= 0.3 is 0 Å². The van der Waals surface area contributed by atoms with Crippen LogP contribution in [0.2, 0.25) is 0 Å². The summed E-state index contributed by atoms with van der Waals surface area (Å²) in [5.41, 5.74) is -2.06. The maximum Gasteiger partial charge on any atom is 0.201 e. The zero-order valence-electron chi connectivity index (χ0n) is 15.1. The standard InChI is InChI=1S/C21H28O4/c1-4-21(25)17(23)11-15-12-5-6-14-18(24)16(22)8-9-19(14,2)13(12)7-10-20(15,21)3/h1,12-15,17,23,25H,5-11H2,2-3H3/t12-,13-,14?,15+,17?,19-,20+,21?/m1/s1. The van der Waals surface area contributed by atoms with Gasteiger partial charge in [-0.05, 0) is 61.7 Å². The molecule has 4 saturated carbocycles. The Morgan fingerprint density at radius 3 is 2.52 bits per heavy atom. The summed E-state index contributed by atoms with van der Waals surface area (Å²) in [7, 11) is 0. The Morgan fingerprint density at radius 2 is 1.84 bits per heavy atom. The second-order valence-corrected chi connectivity index (χ2v) is 9.42. The summed E-state index contributed by atoms with van der Waals surface area (Å²) in [5, 5.41) is 21.5. The van der Waals surface area contributed by atoms with Crippen LogP contribution in [0, 0.1) is 46.8 Å². The third-order valence-corrected chi connectivity index (χ3v) is 8.79. The molecule has 0 aromatic rings. The van der Waals surface area contributed by atoms with Gasteiger partial charge in [-0.2, -0.15) is 0 Å². The molecule has 0 aromatic carbocycles. The van der Waals surface area contributed by atoms with Gasteiger partial charge in [0.2, 0.25) is 5.78 Å². The number of ketones is 2. The van der Waals surface area contributed by atoms with E-state index in [1.807, 2.05) is 6.92 Å². The third-order valence-electron chi connectivity index (χ3n) is 8.79. The van der Waals surface area contributed by atoms with Crippen LogP contribution in [0.5, 0.6) is 0 Å². The van der Waals surface area contributed by atoms with Crippen molar-refractivity contribution in [1.82, 2.24) is 0 Å². The summed E-state index contributed by atoms with van der Waals surface area (Å²) in [6, 6.07) is 0. The van der Waals surface area contributed by atoms with Crippen LogP contribution in [0.15, 0.2) is 0 Å². The van der Waals surface area contributed by atoms with E-state index in [-0.39, 0.29) is 28.8 Å². The zero-order chi connectivity index (χ0) is 18.2. The molecule has 4 aliphatic carbocycles. The number of aliphatic hydroxyl groups excluding tert-OH is 1. The van der Waals surface area contributed by atoms with Gasteiger partial charge in [0.05, 0.1) is 6.10 Å². The highest BCUT2D eigenvalue weighted by molar-refractivity contribution is 6.38. The Labute approximate surface area is 149 Å². The molecule has 0 radical (unpaired) electrons. The highest BCUT2D eigenvalue weighted by Gasteiger charge is 2.68. The van der Waals surface area contributed by atoms with Gasteiger partial charge in [-0.25, -0.2) is 0 Å². The molecule has 4 heteroatoms. The minimum Gasteiger partial charge on any atom is -0.389 e. The minimum absolute atomic E-state index is 0.128. The molecule has 0 saturated heterocycles. The molecule has 0 aliphatic heterocycles. The van der Waals surface area contributed by atoms with Gasteiger partial charge in [0, 0.05) is 17.8 Å². The minimum atomic E-state index is -1.46. The van der Waals surface area contributed by atoms with Crippen molar-refractivity contribution in [2.75, 3.05) is 0 Å². The molecule has 0 amide bonds. The number of carbonyl (C=O) groups is 2. The van der Waals surface area contributed by atoms with Crippen LogP contribution in [0.1, 0.15) is 58.8 Å². The molecule has 136 valence electrons. The van der Waals surface area contributed by atoms with E-state index in [1.54, 1.807) is 0 Å². The third kappa shape index (κ3) is 1.92. The van der Waals surface area contributed by atoms with Crippen LogP contribution in [-0.4, -0.2) is 33.5 Å².